The summed E-state index contributed by atoms with van der Waals surface area (Å²) in [5.74, 6) is 2.28. The molecular formula is C14H19N3O2. The van der Waals surface area contributed by atoms with Gasteiger partial charge in [-0.1, -0.05) is 19.0 Å². The van der Waals surface area contributed by atoms with E-state index >= 15 is 0 Å². The first-order valence-electron chi connectivity index (χ1n) is 6.28. The number of methoxy groups -OCH3 is 1. The van der Waals surface area contributed by atoms with Gasteiger partial charge in [-0.05, 0) is 36.1 Å². The molecule has 2 aromatic rings. The van der Waals surface area contributed by atoms with E-state index in [1.165, 1.54) is 0 Å². The zero-order chi connectivity index (χ0) is 14.0. The number of aryl methyl sites for hydroxylation is 1. The molecule has 1 aromatic heterocycles. The predicted octanol–water partition coefficient (Wildman–Crippen LogP) is 2.64. The SMILES string of the molecule is COc1c(C)cc(-c2noc(CN)n2)cc1C(C)C. The van der Waals surface area contributed by atoms with Crippen molar-refractivity contribution in [2.75, 3.05) is 7.11 Å². The molecule has 0 fully saturated rings. The monoisotopic (exact) mass is 261 g/mol. The summed E-state index contributed by atoms with van der Waals surface area (Å²) in [5.41, 5.74) is 8.59. The van der Waals surface area contributed by atoms with Gasteiger partial charge in [-0.25, -0.2) is 0 Å². The summed E-state index contributed by atoms with van der Waals surface area (Å²) in [6, 6.07) is 4.04. The first kappa shape index (κ1) is 13.5. The number of nitrogens with two attached hydrogens (primary N) is 1. The van der Waals surface area contributed by atoms with Crippen molar-refractivity contribution in [3.63, 3.8) is 0 Å². The molecule has 0 amide bonds. The van der Waals surface area contributed by atoms with Crippen LogP contribution in [-0.4, -0.2) is 17.3 Å². The molecule has 0 saturated heterocycles. The molecule has 0 radical (unpaired) electrons. The van der Waals surface area contributed by atoms with Crippen molar-refractivity contribution in [3.8, 4) is 17.1 Å². The van der Waals surface area contributed by atoms with Crippen LogP contribution in [0.15, 0.2) is 16.7 Å². The van der Waals surface area contributed by atoms with Gasteiger partial charge in [0.1, 0.15) is 5.75 Å². The van der Waals surface area contributed by atoms with Crippen molar-refractivity contribution < 1.29 is 9.26 Å². The second-order valence-corrected chi connectivity index (χ2v) is 4.79. The fraction of sp³-hybridized carbons (Fsp3) is 0.429. The third kappa shape index (κ3) is 2.61. The van der Waals surface area contributed by atoms with Crippen molar-refractivity contribution in [2.45, 2.75) is 33.2 Å². The number of nitrogens with zero attached hydrogens (tertiary/aromatic N) is 2. The molecule has 1 aromatic carbocycles. The van der Waals surface area contributed by atoms with Crippen LogP contribution in [0.3, 0.4) is 0 Å². The summed E-state index contributed by atoms with van der Waals surface area (Å²) in [6.45, 7) is 6.52. The second kappa shape index (κ2) is 5.40. The van der Waals surface area contributed by atoms with Crippen LogP contribution in [0.1, 0.15) is 36.8 Å². The maximum Gasteiger partial charge on any atom is 0.240 e. The Bertz CT molecular complexity index is 576. The molecule has 0 aliphatic rings. The Morgan fingerprint density at radius 2 is 2.11 bits per heavy atom. The third-order valence-corrected chi connectivity index (χ3v) is 3.03. The van der Waals surface area contributed by atoms with Gasteiger partial charge in [-0.3, -0.25) is 0 Å². The molecule has 0 bridgehead atoms. The maximum absolute atomic E-state index is 5.48. The Kier molecular flexibility index (Phi) is 3.85. The van der Waals surface area contributed by atoms with E-state index in [1.807, 2.05) is 19.1 Å². The molecule has 0 saturated carbocycles. The van der Waals surface area contributed by atoms with Crippen LogP contribution in [0.25, 0.3) is 11.4 Å². The quantitative estimate of drug-likeness (QED) is 0.915. The molecule has 2 rings (SSSR count). The average molecular weight is 261 g/mol. The number of ether oxygens (including phenoxy) is 1. The first-order chi connectivity index (χ1) is 9.06. The van der Waals surface area contributed by atoms with Gasteiger partial charge in [-0.2, -0.15) is 4.98 Å². The number of aromatic nitrogens is 2. The largest absolute Gasteiger partial charge is 0.496 e. The molecule has 0 unspecified atom stereocenters. The lowest BCUT2D eigenvalue weighted by atomic mass is 9.96. The number of hydrogen-bond acceptors (Lipinski definition) is 5. The molecule has 0 spiro atoms. The minimum atomic E-state index is 0.249. The first-order valence-corrected chi connectivity index (χ1v) is 6.28. The van der Waals surface area contributed by atoms with Gasteiger partial charge in [0.05, 0.1) is 13.7 Å². The fourth-order valence-corrected chi connectivity index (χ4v) is 2.09. The van der Waals surface area contributed by atoms with E-state index in [9.17, 15) is 0 Å². The molecule has 1 heterocycles. The Balaban J connectivity index is 2.53. The summed E-state index contributed by atoms with van der Waals surface area (Å²) in [5, 5.41) is 3.95. The van der Waals surface area contributed by atoms with Crippen molar-refractivity contribution >= 4 is 0 Å². The van der Waals surface area contributed by atoms with Gasteiger partial charge in [0.2, 0.25) is 11.7 Å². The van der Waals surface area contributed by atoms with Crippen molar-refractivity contribution in [2.24, 2.45) is 5.73 Å². The van der Waals surface area contributed by atoms with E-state index in [1.54, 1.807) is 7.11 Å². The lowest BCUT2D eigenvalue weighted by molar-refractivity contribution is 0.380. The number of rotatable bonds is 4. The van der Waals surface area contributed by atoms with E-state index in [-0.39, 0.29) is 6.54 Å². The molecule has 0 aliphatic carbocycles. The zero-order valence-electron chi connectivity index (χ0n) is 11.7. The summed E-state index contributed by atoms with van der Waals surface area (Å²) < 4.78 is 10.5. The molecule has 5 heteroatoms. The smallest absolute Gasteiger partial charge is 0.240 e. The molecule has 2 N–H and O–H groups in total. The van der Waals surface area contributed by atoms with Crippen LogP contribution < -0.4 is 10.5 Å². The molecule has 0 atom stereocenters. The average Bonchev–Trinajstić information content (AvgIpc) is 2.86. The predicted molar refractivity (Wildman–Crippen MR) is 73.0 cm³/mol. The summed E-state index contributed by atoms with van der Waals surface area (Å²) in [7, 11) is 1.69. The lowest BCUT2D eigenvalue weighted by Gasteiger charge is -2.15. The van der Waals surface area contributed by atoms with Gasteiger partial charge < -0.3 is 15.0 Å². The normalized spacial score (nSPS) is 11.1. The van der Waals surface area contributed by atoms with Gasteiger partial charge in [0.15, 0.2) is 0 Å². The van der Waals surface area contributed by atoms with Crippen LogP contribution in [0.2, 0.25) is 0 Å². The molecule has 0 aliphatic heterocycles. The summed E-state index contributed by atoms with van der Waals surface area (Å²) in [6.07, 6.45) is 0. The van der Waals surface area contributed by atoms with E-state index in [0.717, 1.165) is 22.4 Å². The van der Waals surface area contributed by atoms with Crippen LogP contribution in [0, 0.1) is 6.92 Å². The Morgan fingerprint density at radius 1 is 1.37 bits per heavy atom. The van der Waals surface area contributed by atoms with Gasteiger partial charge in [0, 0.05) is 5.56 Å². The summed E-state index contributed by atoms with van der Waals surface area (Å²) >= 11 is 0. The van der Waals surface area contributed by atoms with Crippen LogP contribution in [0.5, 0.6) is 5.75 Å². The van der Waals surface area contributed by atoms with Gasteiger partial charge in [0.25, 0.3) is 0 Å². The highest BCUT2D eigenvalue weighted by atomic mass is 16.5. The summed E-state index contributed by atoms with van der Waals surface area (Å²) in [4.78, 5) is 4.25. The minimum absolute atomic E-state index is 0.249. The van der Waals surface area contributed by atoms with Gasteiger partial charge in [-0.15, -0.1) is 0 Å². The topological polar surface area (TPSA) is 74.2 Å². The highest BCUT2D eigenvalue weighted by Gasteiger charge is 2.15. The zero-order valence-corrected chi connectivity index (χ0v) is 11.7. The van der Waals surface area contributed by atoms with E-state index in [4.69, 9.17) is 15.0 Å². The second-order valence-electron chi connectivity index (χ2n) is 4.79. The molecule has 102 valence electrons. The Labute approximate surface area is 112 Å². The van der Waals surface area contributed by atoms with Crippen LogP contribution in [0.4, 0.5) is 0 Å². The van der Waals surface area contributed by atoms with Gasteiger partial charge >= 0.3 is 0 Å². The van der Waals surface area contributed by atoms with Crippen molar-refractivity contribution in [3.05, 3.63) is 29.2 Å². The third-order valence-electron chi connectivity index (χ3n) is 3.03. The fourth-order valence-electron chi connectivity index (χ4n) is 2.09. The molecular weight excluding hydrogens is 242 g/mol. The number of hydrogen-bond donors (Lipinski definition) is 1. The molecule has 19 heavy (non-hydrogen) atoms. The maximum atomic E-state index is 5.48. The highest BCUT2D eigenvalue weighted by Crippen LogP contribution is 2.33. The van der Waals surface area contributed by atoms with Crippen molar-refractivity contribution in [1.29, 1.82) is 0 Å². The minimum Gasteiger partial charge on any atom is -0.496 e. The Morgan fingerprint density at radius 3 is 2.63 bits per heavy atom. The standard InChI is InChI=1S/C14H19N3O2/c1-8(2)11-6-10(5-9(3)13(11)18-4)14-16-12(7-15)19-17-14/h5-6,8H,7,15H2,1-4H3. The molecule has 5 nitrogen and oxygen atoms in total. The van der Waals surface area contributed by atoms with Crippen LogP contribution in [-0.2, 0) is 6.54 Å². The van der Waals surface area contributed by atoms with Crippen LogP contribution >= 0.6 is 0 Å². The highest BCUT2D eigenvalue weighted by molar-refractivity contribution is 5.61. The number of benzene rings is 1. The Hall–Kier alpha value is -1.88. The van der Waals surface area contributed by atoms with Crippen molar-refractivity contribution in [1.82, 2.24) is 10.1 Å². The van der Waals surface area contributed by atoms with E-state index in [2.05, 4.69) is 24.0 Å². The van der Waals surface area contributed by atoms with E-state index < -0.39 is 0 Å². The lowest BCUT2D eigenvalue weighted by Crippen LogP contribution is -1.99. The van der Waals surface area contributed by atoms with E-state index in [0.29, 0.717) is 17.6 Å².